The lowest BCUT2D eigenvalue weighted by Crippen LogP contribution is -2.25. The van der Waals surface area contributed by atoms with E-state index in [1.807, 2.05) is 32.0 Å². The first kappa shape index (κ1) is 18.2. The Morgan fingerprint density at radius 1 is 1.30 bits per heavy atom. The summed E-state index contributed by atoms with van der Waals surface area (Å²) in [7, 11) is 0. The highest BCUT2D eigenvalue weighted by atomic mass is 32.1. The number of benzene rings is 1. The molecule has 0 radical (unpaired) electrons. The van der Waals surface area contributed by atoms with E-state index in [1.165, 1.54) is 43.4 Å². The summed E-state index contributed by atoms with van der Waals surface area (Å²) in [6, 6.07) is 5.79. The van der Waals surface area contributed by atoms with Gasteiger partial charge in [-0.3, -0.25) is 10.1 Å². The largest absolute Gasteiger partial charge is 0.483 e. The Bertz CT molecular complexity index is 828. The number of nitrogens with zero attached hydrogens (tertiary/aromatic N) is 2. The molecule has 2 aromatic rings. The Hall–Kier alpha value is -2.15. The van der Waals surface area contributed by atoms with Crippen LogP contribution < -0.4 is 14.8 Å². The van der Waals surface area contributed by atoms with Gasteiger partial charge in [-0.05, 0) is 32.8 Å². The number of amides is 1. The van der Waals surface area contributed by atoms with Crippen molar-refractivity contribution >= 4 is 22.4 Å². The van der Waals surface area contributed by atoms with Gasteiger partial charge in [0, 0.05) is 17.9 Å². The van der Waals surface area contributed by atoms with Gasteiger partial charge in [0.05, 0.1) is 0 Å². The molecule has 144 valence electrons. The molecule has 0 spiro atoms. The predicted octanol–water partition coefficient (Wildman–Crippen LogP) is 4.32. The third-order valence-corrected chi connectivity index (χ3v) is 6.06. The molecule has 1 amide bonds. The fourth-order valence-corrected chi connectivity index (χ4v) is 4.73. The topological polar surface area (TPSA) is 73.3 Å². The minimum absolute atomic E-state index is 0.0847. The zero-order chi connectivity index (χ0) is 18.9. The van der Waals surface area contributed by atoms with Gasteiger partial charge in [-0.2, -0.15) is 0 Å². The molecule has 1 saturated carbocycles. The van der Waals surface area contributed by atoms with Gasteiger partial charge >= 0.3 is 0 Å². The Morgan fingerprint density at radius 3 is 2.93 bits per heavy atom. The first-order valence-corrected chi connectivity index (χ1v) is 10.4. The van der Waals surface area contributed by atoms with Gasteiger partial charge in [0.1, 0.15) is 10.6 Å². The van der Waals surface area contributed by atoms with Gasteiger partial charge in [0.15, 0.2) is 18.1 Å². The third kappa shape index (κ3) is 4.24. The SMILES string of the molecule is CC1(C)Cc2cccc(OCC(=O)Nc3nnc(C4CCCCC4)s3)c2O1. The molecule has 2 aliphatic rings. The Kier molecular flexibility index (Phi) is 5.04. The predicted molar refractivity (Wildman–Crippen MR) is 105 cm³/mol. The number of fused-ring (bicyclic) bond motifs is 1. The molecule has 27 heavy (non-hydrogen) atoms. The van der Waals surface area contributed by atoms with Crippen molar-refractivity contribution in [2.45, 2.75) is 63.9 Å². The van der Waals surface area contributed by atoms with E-state index in [9.17, 15) is 4.79 Å². The van der Waals surface area contributed by atoms with Crippen LogP contribution in [0.2, 0.25) is 0 Å². The molecule has 1 aliphatic heterocycles. The molecular formula is C20H25N3O3S. The highest BCUT2D eigenvalue weighted by molar-refractivity contribution is 7.15. The van der Waals surface area contributed by atoms with E-state index >= 15 is 0 Å². The van der Waals surface area contributed by atoms with E-state index in [-0.39, 0.29) is 18.1 Å². The van der Waals surface area contributed by atoms with Crippen LogP contribution >= 0.6 is 11.3 Å². The molecule has 1 N–H and O–H groups in total. The Balaban J connectivity index is 1.33. The first-order chi connectivity index (χ1) is 13.0. The lowest BCUT2D eigenvalue weighted by molar-refractivity contribution is -0.118. The summed E-state index contributed by atoms with van der Waals surface area (Å²) in [5, 5.41) is 12.8. The van der Waals surface area contributed by atoms with Crippen LogP contribution in [0.1, 0.15) is 62.4 Å². The number of rotatable bonds is 5. The summed E-state index contributed by atoms with van der Waals surface area (Å²) in [4.78, 5) is 12.3. The van der Waals surface area contributed by atoms with Crippen molar-refractivity contribution in [3.63, 3.8) is 0 Å². The van der Waals surface area contributed by atoms with E-state index in [1.54, 1.807) is 0 Å². The Morgan fingerprint density at radius 2 is 2.11 bits per heavy atom. The molecule has 1 aliphatic carbocycles. The minimum atomic E-state index is -0.244. The van der Waals surface area contributed by atoms with E-state index in [0.29, 0.717) is 16.8 Å². The lowest BCUT2D eigenvalue weighted by Gasteiger charge is -2.18. The Labute approximate surface area is 163 Å². The summed E-state index contributed by atoms with van der Waals surface area (Å²) >= 11 is 1.47. The van der Waals surface area contributed by atoms with Crippen LogP contribution in [-0.2, 0) is 11.2 Å². The fourth-order valence-electron chi connectivity index (χ4n) is 3.80. The van der Waals surface area contributed by atoms with Gasteiger partial charge in [-0.15, -0.1) is 10.2 Å². The molecule has 6 nitrogen and oxygen atoms in total. The number of hydrogen-bond acceptors (Lipinski definition) is 6. The molecule has 0 unspecified atom stereocenters. The number of carbonyl (C=O) groups is 1. The average molecular weight is 388 g/mol. The average Bonchev–Trinajstić information content (AvgIpc) is 3.23. The summed E-state index contributed by atoms with van der Waals surface area (Å²) in [6.45, 7) is 4.00. The number of carbonyl (C=O) groups excluding carboxylic acids is 1. The summed E-state index contributed by atoms with van der Waals surface area (Å²) in [5.41, 5.74) is 0.866. The molecule has 4 rings (SSSR count). The maximum Gasteiger partial charge on any atom is 0.264 e. The molecular weight excluding hydrogens is 362 g/mol. The van der Waals surface area contributed by atoms with Crippen LogP contribution in [0.4, 0.5) is 5.13 Å². The molecule has 1 fully saturated rings. The van der Waals surface area contributed by atoms with Crippen LogP contribution in [0.25, 0.3) is 0 Å². The van der Waals surface area contributed by atoms with Crippen molar-refractivity contribution in [3.8, 4) is 11.5 Å². The van der Waals surface area contributed by atoms with Gasteiger partial charge in [-0.25, -0.2) is 0 Å². The minimum Gasteiger partial charge on any atom is -0.483 e. The summed E-state index contributed by atoms with van der Waals surface area (Å²) < 4.78 is 11.7. The van der Waals surface area contributed by atoms with Crippen molar-refractivity contribution in [3.05, 3.63) is 28.8 Å². The van der Waals surface area contributed by atoms with Crippen LogP contribution in [-0.4, -0.2) is 28.3 Å². The maximum absolute atomic E-state index is 12.3. The number of nitrogens with one attached hydrogen (secondary N) is 1. The van der Waals surface area contributed by atoms with E-state index in [4.69, 9.17) is 9.47 Å². The van der Waals surface area contributed by atoms with E-state index < -0.39 is 0 Å². The second kappa shape index (κ2) is 7.46. The number of ether oxygens (including phenoxy) is 2. The van der Waals surface area contributed by atoms with Gasteiger partial charge in [0.2, 0.25) is 5.13 Å². The summed E-state index contributed by atoms with van der Waals surface area (Å²) in [6.07, 6.45) is 6.98. The second-order valence-corrected chi connectivity index (χ2v) is 8.91. The molecule has 0 saturated heterocycles. The maximum atomic E-state index is 12.3. The highest BCUT2D eigenvalue weighted by Gasteiger charge is 2.32. The van der Waals surface area contributed by atoms with Crippen molar-refractivity contribution < 1.29 is 14.3 Å². The number of anilines is 1. The zero-order valence-corrected chi connectivity index (χ0v) is 16.6. The van der Waals surface area contributed by atoms with Crippen LogP contribution in [0, 0.1) is 0 Å². The summed E-state index contributed by atoms with van der Waals surface area (Å²) in [5.74, 6) is 1.60. The molecule has 0 atom stereocenters. The standard InChI is InChI=1S/C20H25N3O3S/c1-20(2)11-14-9-6-10-15(17(14)26-20)25-12-16(24)21-19-23-22-18(27-19)13-7-4-3-5-8-13/h6,9-10,13H,3-5,7-8,11-12H2,1-2H3,(H,21,23,24). The van der Waals surface area contributed by atoms with Crippen LogP contribution in [0.5, 0.6) is 11.5 Å². The number of hydrogen-bond donors (Lipinski definition) is 1. The van der Waals surface area contributed by atoms with Gasteiger partial charge in [0.25, 0.3) is 5.91 Å². The van der Waals surface area contributed by atoms with Crippen molar-refractivity contribution in [2.75, 3.05) is 11.9 Å². The normalized spacial score (nSPS) is 18.6. The molecule has 7 heteroatoms. The molecule has 0 bridgehead atoms. The monoisotopic (exact) mass is 387 g/mol. The van der Waals surface area contributed by atoms with E-state index in [0.717, 1.165) is 22.7 Å². The number of para-hydroxylation sites is 1. The van der Waals surface area contributed by atoms with Crippen LogP contribution in [0.3, 0.4) is 0 Å². The van der Waals surface area contributed by atoms with Crippen LogP contribution in [0.15, 0.2) is 18.2 Å². The first-order valence-electron chi connectivity index (χ1n) is 9.57. The van der Waals surface area contributed by atoms with Crippen molar-refractivity contribution in [2.24, 2.45) is 0 Å². The molecule has 2 heterocycles. The number of aromatic nitrogens is 2. The fraction of sp³-hybridized carbons (Fsp3) is 0.550. The van der Waals surface area contributed by atoms with Gasteiger partial charge < -0.3 is 9.47 Å². The van der Waals surface area contributed by atoms with Crippen molar-refractivity contribution in [1.29, 1.82) is 0 Å². The quantitative estimate of drug-likeness (QED) is 0.827. The van der Waals surface area contributed by atoms with E-state index in [2.05, 4.69) is 15.5 Å². The van der Waals surface area contributed by atoms with Gasteiger partial charge in [-0.1, -0.05) is 42.7 Å². The zero-order valence-electron chi connectivity index (χ0n) is 15.8. The smallest absolute Gasteiger partial charge is 0.264 e. The lowest BCUT2D eigenvalue weighted by atomic mass is 9.90. The molecule has 1 aromatic heterocycles. The third-order valence-electron chi connectivity index (χ3n) is 5.06. The highest BCUT2D eigenvalue weighted by Crippen LogP contribution is 2.41. The van der Waals surface area contributed by atoms with Crippen molar-refractivity contribution in [1.82, 2.24) is 10.2 Å². The molecule has 1 aromatic carbocycles. The second-order valence-electron chi connectivity index (χ2n) is 7.90.